The molecule has 1 aromatic heterocycles. The summed E-state index contributed by atoms with van der Waals surface area (Å²) in [5.74, 6) is -1.58. The third-order valence-electron chi connectivity index (χ3n) is 12.1. The number of fused-ring (bicyclic) bond motifs is 5. The Morgan fingerprint density at radius 3 is 2.54 bits per heavy atom. The van der Waals surface area contributed by atoms with Crippen LogP contribution >= 0.6 is 0 Å². The average molecular weight is 746 g/mol. The molecule has 12 heteroatoms. The number of aliphatic carboxylic acids is 1. The molecule has 0 radical (unpaired) electrons. The van der Waals surface area contributed by atoms with Crippen LogP contribution in [0.15, 0.2) is 30.4 Å². The molecular formula is C42H55N3O9. The van der Waals surface area contributed by atoms with Gasteiger partial charge in [0.1, 0.15) is 22.7 Å². The monoisotopic (exact) mass is 745 g/mol. The Hall–Kier alpha value is -4.03. The highest BCUT2D eigenvalue weighted by Crippen LogP contribution is 2.58. The van der Waals surface area contributed by atoms with Gasteiger partial charge in [0.2, 0.25) is 5.91 Å². The molecule has 2 aromatic rings. The lowest BCUT2D eigenvalue weighted by molar-refractivity contribution is -0.159. The Bertz CT molecular complexity index is 1830. The third kappa shape index (κ3) is 7.60. The lowest BCUT2D eigenvalue weighted by Gasteiger charge is -2.45. The smallest absolute Gasteiger partial charge is 0.310 e. The highest BCUT2D eigenvalue weighted by Gasteiger charge is 2.62. The molecule has 1 N–H and O–H groups in total. The number of carbonyl (C=O) groups excluding carboxylic acids is 3. The number of hydrogen-bond acceptors (Lipinski definition) is 10. The summed E-state index contributed by atoms with van der Waals surface area (Å²) in [7, 11) is 1.64. The van der Waals surface area contributed by atoms with Gasteiger partial charge in [-0.25, -0.2) is 4.98 Å². The van der Waals surface area contributed by atoms with Crippen LogP contribution in [0, 0.1) is 24.2 Å². The van der Waals surface area contributed by atoms with E-state index in [0.29, 0.717) is 62.8 Å². The van der Waals surface area contributed by atoms with Gasteiger partial charge in [0.25, 0.3) is 0 Å². The number of ether oxygens (including phenoxy) is 4. The summed E-state index contributed by atoms with van der Waals surface area (Å²) >= 11 is 0. The molecule has 2 saturated heterocycles. The van der Waals surface area contributed by atoms with Crippen LogP contribution in [0.3, 0.4) is 0 Å². The van der Waals surface area contributed by atoms with E-state index in [0.717, 1.165) is 42.1 Å². The van der Waals surface area contributed by atoms with Gasteiger partial charge in [-0.2, -0.15) is 0 Å². The standard InChI is InChI=1S/C42H55N3O9/c1-26-37-36(30-20-29(51-5)13-14-31(30)43-26)33(44-15-17-52-18-16-44)23-41(54-37)22-32-34(46)24-42(39(49)50)21-28(42)12-10-8-6-7-9-11-27(38(48)45(32)25-41)19-35(47)53-40(2,3)4/h10,12-14,20,27-28,32-33H,6-9,11,15-19,21-25H2,1-5H3,(H,49,50)/b12-10-/t27-,28-,32+,33?,41+,42-/m1/s1. The molecule has 1 unspecified atom stereocenters. The zero-order valence-corrected chi connectivity index (χ0v) is 32.4. The topological polar surface area (TPSA) is 145 Å². The number of hydrogen-bond donors (Lipinski definition) is 1. The number of allylic oxidation sites excluding steroid dienone is 2. The first kappa shape index (κ1) is 38.3. The normalized spacial score (nSPS) is 31.4. The SMILES string of the molecule is COc1ccc2nc(C)c3c(c2c1)C(N1CCOCC1)C[C@]1(C[C@H]2C(=O)C[C@]4(C(=O)O)C[C@H]4/C=C\CCCCC[C@H](CC(=O)OC(C)(C)C)C(=O)N2C1)O3. The largest absolute Gasteiger partial charge is 0.497 e. The summed E-state index contributed by atoms with van der Waals surface area (Å²) in [5, 5.41) is 11.4. The molecule has 6 atom stereocenters. The molecule has 5 aliphatic rings. The molecule has 5 heterocycles. The molecule has 1 saturated carbocycles. The first-order valence-corrected chi connectivity index (χ1v) is 19.7. The highest BCUT2D eigenvalue weighted by molar-refractivity contribution is 5.96. The summed E-state index contributed by atoms with van der Waals surface area (Å²) in [4.78, 5) is 64.6. The van der Waals surface area contributed by atoms with E-state index >= 15 is 0 Å². The number of benzene rings is 1. The number of aromatic nitrogens is 1. The number of ketones is 1. The van der Waals surface area contributed by atoms with E-state index in [1.54, 1.807) is 32.8 Å². The number of pyridine rings is 1. The minimum Gasteiger partial charge on any atom is -0.497 e. The van der Waals surface area contributed by atoms with E-state index in [9.17, 15) is 24.3 Å². The van der Waals surface area contributed by atoms with E-state index in [-0.39, 0.29) is 49.5 Å². The number of Topliss-reactive ketones (excluding diaryl/α,β-unsaturated/α-hetero) is 1. The number of amides is 1. The fourth-order valence-corrected chi connectivity index (χ4v) is 9.33. The van der Waals surface area contributed by atoms with Crippen molar-refractivity contribution < 1.29 is 43.2 Å². The lowest BCUT2D eigenvalue weighted by Crippen LogP contribution is -2.50. The van der Waals surface area contributed by atoms with E-state index < -0.39 is 40.5 Å². The second kappa shape index (κ2) is 14.9. The summed E-state index contributed by atoms with van der Waals surface area (Å²) in [6.45, 7) is 10.0. The Labute approximate surface area is 317 Å². The van der Waals surface area contributed by atoms with Crippen LogP contribution in [0.25, 0.3) is 10.9 Å². The summed E-state index contributed by atoms with van der Waals surface area (Å²) in [6.07, 6.45) is 8.57. The summed E-state index contributed by atoms with van der Waals surface area (Å²) < 4.78 is 24.2. The quantitative estimate of drug-likeness (QED) is 0.286. The zero-order chi connectivity index (χ0) is 38.4. The Kier molecular flexibility index (Phi) is 10.6. The van der Waals surface area contributed by atoms with Crippen molar-refractivity contribution in [2.75, 3.05) is 40.0 Å². The number of carboxylic acid groups (broad SMARTS) is 1. The van der Waals surface area contributed by atoms with Gasteiger partial charge >= 0.3 is 11.9 Å². The van der Waals surface area contributed by atoms with E-state index in [1.807, 2.05) is 37.3 Å². The van der Waals surface area contributed by atoms with Gasteiger partial charge in [0.15, 0.2) is 5.78 Å². The Morgan fingerprint density at radius 2 is 1.81 bits per heavy atom. The predicted molar refractivity (Wildman–Crippen MR) is 200 cm³/mol. The molecule has 292 valence electrons. The molecule has 0 bridgehead atoms. The maximum atomic E-state index is 14.9. The van der Waals surface area contributed by atoms with Gasteiger partial charge in [-0.05, 0) is 77.5 Å². The van der Waals surface area contributed by atoms with Crippen LogP contribution in [-0.2, 0) is 28.7 Å². The van der Waals surface area contributed by atoms with Crippen molar-refractivity contribution in [3.63, 3.8) is 0 Å². The Balaban J connectivity index is 1.30. The molecule has 3 fully saturated rings. The van der Waals surface area contributed by atoms with Gasteiger partial charge in [0, 0.05) is 55.3 Å². The van der Waals surface area contributed by atoms with Crippen LogP contribution < -0.4 is 9.47 Å². The van der Waals surface area contributed by atoms with Crippen LogP contribution in [0.1, 0.15) is 102 Å². The van der Waals surface area contributed by atoms with Gasteiger partial charge < -0.3 is 29.0 Å². The van der Waals surface area contributed by atoms with Crippen molar-refractivity contribution in [3.8, 4) is 11.5 Å². The number of esters is 1. The molecule has 1 spiro atoms. The van der Waals surface area contributed by atoms with Crippen LogP contribution in [0.5, 0.6) is 11.5 Å². The predicted octanol–water partition coefficient (Wildman–Crippen LogP) is 5.97. The van der Waals surface area contributed by atoms with Crippen molar-refractivity contribution in [2.45, 2.75) is 115 Å². The second-order valence-electron chi connectivity index (χ2n) is 17.1. The van der Waals surface area contributed by atoms with Crippen LogP contribution in [-0.4, -0.2) is 101 Å². The molecular weight excluding hydrogens is 690 g/mol. The third-order valence-corrected chi connectivity index (χ3v) is 12.1. The van der Waals surface area contributed by atoms with Crippen LogP contribution in [0.4, 0.5) is 0 Å². The fraction of sp³-hybridized carbons (Fsp3) is 0.643. The highest BCUT2D eigenvalue weighted by atomic mass is 16.6. The first-order chi connectivity index (χ1) is 25.7. The minimum absolute atomic E-state index is 0.0987. The maximum Gasteiger partial charge on any atom is 0.310 e. The molecule has 1 amide bonds. The van der Waals surface area contributed by atoms with Crippen molar-refractivity contribution in [1.29, 1.82) is 0 Å². The van der Waals surface area contributed by atoms with E-state index in [4.69, 9.17) is 23.9 Å². The van der Waals surface area contributed by atoms with Gasteiger partial charge in [-0.3, -0.25) is 24.1 Å². The molecule has 12 nitrogen and oxygen atoms in total. The van der Waals surface area contributed by atoms with E-state index in [2.05, 4.69) is 4.90 Å². The molecule has 7 rings (SSSR count). The average Bonchev–Trinajstić information content (AvgIpc) is 3.71. The maximum absolute atomic E-state index is 14.9. The fourth-order valence-electron chi connectivity index (χ4n) is 9.33. The molecule has 4 aliphatic heterocycles. The summed E-state index contributed by atoms with van der Waals surface area (Å²) in [5.41, 5.74) is -0.332. The van der Waals surface area contributed by atoms with Crippen molar-refractivity contribution in [1.82, 2.24) is 14.8 Å². The number of carbonyl (C=O) groups is 4. The van der Waals surface area contributed by atoms with Crippen molar-refractivity contribution in [3.05, 3.63) is 41.6 Å². The molecule has 1 aromatic carbocycles. The molecule has 1 aliphatic carbocycles. The number of methoxy groups -OCH3 is 1. The van der Waals surface area contributed by atoms with E-state index in [1.165, 1.54) is 0 Å². The van der Waals surface area contributed by atoms with Crippen molar-refractivity contribution in [2.24, 2.45) is 17.3 Å². The number of nitrogens with zero attached hydrogens (tertiary/aromatic N) is 3. The summed E-state index contributed by atoms with van der Waals surface area (Å²) in [6, 6.07) is 4.79. The number of rotatable bonds is 5. The molecule has 54 heavy (non-hydrogen) atoms. The number of morpholine rings is 1. The zero-order valence-electron chi connectivity index (χ0n) is 32.4. The first-order valence-electron chi connectivity index (χ1n) is 19.7. The van der Waals surface area contributed by atoms with Gasteiger partial charge in [-0.15, -0.1) is 0 Å². The van der Waals surface area contributed by atoms with Crippen molar-refractivity contribution >= 4 is 34.5 Å². The number of carboxylic acids is 1. The minimum atomic E-state index is -1.19. The Morgan fingerprint density at radius 1 is 1.06 bits per heavy atom. The van der Waals surface area contributed by atoms with Gasteiger partial charge in [0.05, 0.1) is 56.0 Å². The van der Waals surface area contributed by atoms with Crippen LogP contribution in [0.2, 0.25) is 0 Å². The lowest BCUT2D eigenvalue weighted by atomic mass is 9.81. The van der Waals surface area contributed by atoms with Gasteiger partial charge in [-0.1, -0.05) is 25.0 Å². The second-order valence-corrected chi connectivity index (χ2v) is 17.1. The number of aryl methyl sites for hydroxylation is 1.